The highest BCUT2D eigenvalue weighted by Gasteiger charge is 2.10. The lowest BCUT2D eigenvalue weighted by Gasteiger charge is -2.11. The molecule has 0 aliphatic heterocycles. The van der Waals surface area contributed by atoms with E-state index in [0.29, 0.717) is 29.7 Å². The fourth-order valence-corrected chi connectivity index (χ4v) is 1.56. The first-order chi connectivity index (χ1) is 8.59. The van der Waals surface area contributed by atoms with Crippen LogP contribution in [0.2, 0.25) is 0 Å². The van der Waals surface area contributed by atoms with Gasteiger partial charge in [0.1, 0.15) is 0 Å². The van der Waals surface area contributed by atoms with Crippen molar-refractivity contribution in [1.82, 2.24) is 15.2 Å². The SMILES string of the molecule is CN(C)C(=O)CCNc1ccc(N)c2nonc12. The Kier molecular flexibility index (Phi) is 3.31. The molecule has 0 saturated carbocycles. The van der Waals surface area contributed by atoms with E-state index in [9.17, 15) is 4.79 Å². The summed E-state index contributed by atoms with van der Waals surface area (Å²) in [5.41, 5.74) is 8.11. The van der Waals surface area contributed by atoms with E-state index < -0.39 is 0 Å². The largest absolute Gasteiger partial charge is 0.397 e. The van der Waals surface area contributed by atoms with Gasteiger partial charge < -0.3 is 16.0 Å². The first-order valence-corrected chi connectivity index (χ1v) is 5.54. The van der Waals surface area contributed by atoms with Crippen LogP contribution in [-0.2, 0) is 4.79 Å². The number of nitrogens with one attached hydrogen (secondary N) is 1. The summed E-state index contributed by atoms with van der Waals surface area (Å²) in [5, 5.41) is 10.6. The zero-order chi connectivity index (χ0) is 13.1. The normalized spacial score (nSPS) is 10.6. The summed E-state index contributed by atoms with van der Waals surface area (Å²) in [6.07, 6.45) is 0.407. The second kappa shape index (κ2) is 4.91. The Morgan fingerprint density at radius 1 is 1.39 bits per heavy atom. The van der Waals surface area contributed by atoms with Crippen molar-refractivity contribution in [3.63, 3.8) is 0 Å². The van der Waals surface area contributed by atoms with Gasteiger partial charge in [-0.05, 0) is 22.4 Å². The fraction of sp³-hybridized carbons (Fsp3) is 0.364. The standard InChI is InChI=1S/C11H15N5O2/c1-16(2)9(17)5-6-13-8-4-3-7(12)10-11(8)15-18-14-10/h3-4,13H,5-6,12H2,1-2H3. The average molecular weight is 249 g/mol. The van der Waals surface area contributed by atoms with E-state index >= 15 is 0 Å². The van der Waals surface area contributed by atoms with Gasteiger partial charge in [0, 0.05) is 27.1 Å². The Labute approximate surface area is 104 Å². The Bertz CT molecular complexity index is 564. The van der Waals surface area contributed by atoms with Crippen molar-refractivity contribution >= 4 is 28.3 Å². The van der Waals surface area contributed by atoms with Crippen LogP contribution in [0.15, 0.2) is 16.8 Å². The highest BCUT2D eigenvalue weighted by molar-refractivity contribution is 5.95. The van der Waals surface area contributed by atoms with Crippen LogP contribution in [0.4, 0.5) is 11.4 Å². The Morgan fingerprint density at radius 3 is 2.83 bits per heavy atom. The van der Waals surface area contributed by atoms with Crippen molar-refractivity contribution in [2.24, 2.45) is 0 Å². The zero-order valence-corrected chi connectivity index (χ0v) is 10.3. The molecule has 0 radical (unpaired) electrons. The Morgan fingerprint density at radius 2 is 2.11 bits per heavy atom. The van der Waals surface area contributed by atoms with Crippen molar-refractivity contribution in [3.05, 3.63) is 12.1 Å². The number of hydrogen-bond acceptors (Lipinski definition) is 6. The maximum atomic E-state index is 11.4. The van der Waals surface area contributed by atoms with E-state index in [4.69, 9.17) is 5.73 Å². The van der Waals surface area contributed by atoms with Crippen molar-refractivity contribution < 1.29 is 9.42 Å². The molecule has 0 aliphatic rings. The number of carbonyl (C=O) groups is 1. The van der Waals surface area contributed by atoms with Gasteiger partial charge in [-0.2, -0.15) is 0 Å². The minimum atomic E-state index is 0.0625. The quantitative estimate of drug-likeness (QED) is 0.774. The van der Waals surface area contributed by atoms with E-state index in [1.54, 1.807) is 31.1 Å². The molecular weight excluding hydrogens is 234 g/mol. The van der Waals surface area contributed by atoms with E-state index in [1.165, 1.54) is 0 Å². The van der Waals surface area contributed by atoms with Crippen LogP contribution in [0.1, 0.15) is 6.42 Å². The monoisotopic (exact) mass is 249 g/mol. The summed E-state index contributed by atoms with van der Waals surface area (Å²) in [5.74, 6) is 0.0625. The lowest BCUT2D eigenvalue weighted by molar-refractivity contribution is -0.128. The second-order valence-electron chi connectivity index (χ2n) is 4.13. The minimum absolute atomic E-state index is 0.0625. The number of hydrogen-bond donors (Lipinski definition) is 2. The molecule has 1 aromatic carbocycles. The van der Waals surface area contributed by atoms with Gasteiger partial charge in [0.05, 0.1) is 11.4 Å². The molecule has 1 aromatic heterocycles. The van der Waals surface area contributed by atoms with Gasteiger partial charge in [0.2, 0.25) is 5.91 Å². The van der Waals surface area contributed by atoms with Crippen LogP contribution in [0.25, 0.3) is 11.0 Å². The molecule has 0 fully saturated rings. The highest BCUT2D eigenvalue weighted by Crippen LogP contribution is 2.24. The van der Waals surface area contributed by atoms with Crippen LogP contribution < -0.4 is 11.1 Å². The molecule has 1 heterocycles. The number of benzene rings is 1. The number of fused-ring (bicyclic) bond motifs is 1. The third-order valence-electron chi connectivity index (χ3n) is 2.60. The lowest BCUT2D eigenvalue weighted by atomic mass is 10.2. The Balaban J connectivity index is 2.06. The molecule has 2 rings (SSSR count). The molecule has 7 nitrogen and oxygen atoms in total. The van der Waals surface area contributed by atoms with E-state index in [-0.39, 0.29) is 5.91 Å². The van der Waals surface area contributed by atoms with Crippen LogP contribution in [0, 0.1) is 0 Å². The van der Waals surface area contributed by atoms with E-state index in [1.807, 2.05) is 0 Å². The van der Waals surface area contributed by atoms with Gasteiger partial charge in [0.25, 0.3) is 0 Å². The fourth-order valence-electron chi connectivity index (χ4n) is 1.56. The molecule has 0 bridgehead atoms. The third kappa shape index (κ3) is 2.34. The number of rotatable bonds is 4. The molecule has 0 aliphatic carbocycles. The summed E-state index contributed by atoms with van der Waals surface area (Å²) in [6.45, 7) is 0.517. The van der Waals surface area contributed by atoms with Gasteiger partial charge in [0.15, 0.2) is 11.0 Å². The van der Waals surface area contributed by atoms with Gasteiger partial charge in [-0.15, -0.1) is 0 Å². The third-order valence-corrected chi connectivity index (χ3v) is 2.60. The number of nitrogen functional groups attached to an aromatic ring is 1. The molecule has 1 amide bonds. The molecule has 2 aromatic rings. The van der Waals surface area contributed by atoms with Crippen molar-refractivity contribution in [2.75, 3.05) is 31.7 Å². The van der Waals surface area contributed by atoms with Crippen LogP contribution >= 0.6 is 0 Å². The van der Waals surface area contributed by atoms with Gasteiger partial charge >= 0.3 is 0 Å². The Hall–Kier alpha value is -2.31. The highest BCUT2D eigenvalue weighted by atomic mass is 16.6. The summed E-state index contributed by atoms with van der Waals surface area (Å²) in [6, 6.07) is 3.52. The predicted octanol–water partition coefficient (Wildman–Crippen LogP) is 0.695. The molecule has 3 N–H and O–H groups in total. The van der Waals surface area contributed by atoms with E-state index in [2.05, 4.69) is 20.3 Å². The summed E-state index contributed by atoms with van der Waals surface area (Å²) < 4.78 is 4.66. The van der Waals surface area contributed by atoms with Gasteiger partial charge in [-0.3, -0.25) is 4.79 Å². The van der Waals surface area contributed by atoms with Gasteiger partial charge in [-0.25, -0.2) is 4.63 Å². The summed E-state index contributed by atoms with van der Waals surface area (Å²) in [7, 11) is 3.45. The molecule has 0 saturated heterocycles. The van der Waals surface area contributed by atoms with E-state index in [0.717, 1.165) is 5.69 Å². The van der Waals surface area contributed by atoms with Crippen LogP contribution in [0.3, 0.4) is 0 Å². The molecule has 0 atom stereocenters. The first-order valence-electron chi connectivity index (χ1n) is 5.54. The maximum Gasteiger partial charge on any atom is 0.223 e. The maximum absolute atomic E-state index is 11.4. The topological polar surface area (TPSA) is 97.3 Å². The van der Waals surface area contributed by atoms with Crippen molar-refractivity contribution in [2.45, 2.75) is 6.42 Å². The smallest absolute Gasteiger partial charge is 0.223 e. The predicted molar refractivity (Wildman–Crippen MR) is 68.0 cm³/mol. The molecule has 18 heavy (non-hydrogen) atoms. The minimum Gasteiger partial charge on any atom is -0.397 e. The number of nitrogens with zero attached hydrogens (tertiary/aromatic N) is 3. The number of nitrogens with two attached hydrogens (primary N) is 1. The molecule has 96 valence electrons. The number of amides is 1. The molecular formula is C11H15N5O2. The number of aromatic nitrogens is 2. The van der Waals surface area contributed by atoms with Crippen molar-refractivity contribution in [1.29, 1.82) is 0 Å². The van der Waals surface area contributed by atoms with Gasteiger partial charge in [-0.1, -0.05) is 0 Å². The number of carbonyl (C=O) groups excluding carboxylic acids is 1. The molecule has 7 heteroatoms. The average Bonchev–Trinajstić information content (AvgIpc) is 2.81. The summed E-state index contributed by atoms with van der Waals surface area (Å²) >= 11 is 0. The lowest BCUT2D eigenvalue weighted by Crippen LogP contribution is -2.23. The van der Waals surface area contributed by atoms with Crippen molar-refractivity contribution in [3.8, 4) is 0 Å². The molecule has 0 unspecified atom stereocenters. The first kappa shape index (κ1) is 12.2. The second-order valence-corrected chi connectivity index (χ2v) is 4.13. The zero-order valence-electron chi connectivity index (χ0n) is 10.3. The van der Waals surface area contributed by atoms with Crippen LogP contribution in [-0.4, -0.2) is 41.8 Å². The number of anilines is 2. The molecule has 0 spiro atoms. The van der Waals surface area contributed by atoms with Crippen LogP contribution in [0.5, 0.6) is 0 Å². The summed E-state index contributed by atoms with van der Waals surface area (Å²) in [4.78, 5) is 13.0.